The Labute approximate surface area is 226 Å². The molecule has 1 aliphatic heterocycles. The minimum atomic E-state index is -0.619. The summed E-state index contributed by atoms with van der Waals surface area (Å²) >= 11 is 0. The Bertz CT molecular complexity index is 1060. The van der Waals surface area contributed by atoms with Crippen LogP contribution in [-0.2, 0) is 20.9 Å². The zero-order chi connectivity index (χ0) is 27.5. The molecule has 1 heterocycles. The monoisotopic (exact) mass is 522 g/mol. The first-order valence-electron chi connectivity index (χ1n) is 13.7. The lowest BCUT2D eigenvalue weighted by molar-refractivity contribution is -0.140. The second-order valence-electron chi connectivity index (χ2n) is 10.5. The summed E-state index contributed by atoms with van der Waals surface area (Å²) in [7, 11) is 0. The molecule has 1 aliphatic rings. The van der Waals surface area contributed by atoms with Gasteiger partial charge in [-0.05, 0) is 67.9 Å². The van der Waals surface area contributed by atoms with Crippen LogP contribution in [0.3, 0.4) is 0 Å². The molecule has 4 N–H and O–H groups in total. The first kappa shape index (κ1) is 29.2. The van der Waals surface area contributed by atoms with E-state index in [0.29, 0.717) is 38.1 Å². The van der Waals surface area contributed by atoms with Crippen LogP contribution in [-0.4, -0.2) is 35.2 Å². The molecular formula is C30H42N4O4. The molecule has 0 radical (unpaired) electrons. The summed E-state index contributed by atoms with van der Waals surface area (Å²) in [6.45, 7) is 7.09. The fourth-order valence-electron chi connectivity index (χ4n) is 5.12. The zero-order valence-corrected chi connectivity index (χ0v) is 22.8. The summed E-state index contributed by atoms with van der Waals surface area (Å²) in [4.78, 5) is 41.4. The second kappa shape index (κ2) is 14.5. The lowest BCUT2D eigenvalue weighted by Gasteiger charge is -2.29. The van der Waals surface area contributed by atoms with E-state index in [-0.39, 0.29) is 23.6 Å². The van der Waals surface area contributed by atoms with Gasteiger partial charge in [-0.15, -0.1) is 0 Å². The van der Waals surface area contributed by atoms with Crippen molar-refractivity contribution in [3.8, 4) is 11.5 Å². The number of amides is 3. The van der Waals surface area contributed by atoms with Crippen molar-refractivity contribution >= 4 is 17.7 Å². The highest BCUT2D eigenvalue weighted by molar-refractivity contribution is 5.91. The predicted octanol–water partition coefficient (Wildman–Crippen LogP) is 4.54. The first-order chi connectivity index (χ1) is 18.3. The number of nitrogens with zero attached hydrogens (tertiary/aromatic N) is 1. The smallest absolute Gasteiger partial charge is 0.245 e. The van der Waals surface area contributed by atoms with Crippen molar-refractivity contribution in [2.45, 2.75) is 71.9 Å². The van der Waals surface area contributed by atoms with Crippen molar-refractivity contribution in [1.82, 2.24) is 15.6 Å². The van der Waals surface area contributed by atoms with Crippen LogP contribution in [0.2, 0.25) is 0 Å². The lowest BCUT2D eigenvalue weighted by atomic mass is 9.81. The number of carbonyl (C=O) groups excluding carboxylic acids is 3. The fraction of sp³-hybridized carbons (Fsp3) is 0.500. The van der Waals surface area contributed by atoms with Gasteiger partial charge in [-0.3, -0.25) is 19.8 Å². The minimum Gasteiger partial charge on any atom is -0.457 e. The molecule has 8 heteroatoms. The van der Waals surface area contributed by atoms with E-state index in [0.717, 1.165) is 30.6 Å². The Balaban J connectivity index is 1.72. The SMILES string of the molecule is CCCC(C(=O)NN)[C@@H](CC(C)C)C(=O)N[C@H]1CCCCN(Cc2cccc(Oc3ccccc3)c2)C1=O. The molecule has 3 amide bonds. The topological polar surface area (TPSA) is 114 Å². The highest BCUT2D eigenvalue weighted by atomic mass is 16.5. The lowest BCUT2D eigenvalue weighted by Crippen LogP contribution is -2.51. The molecule has 0 spiro atoms. The van der Waals surface area contributed by atoms with E-state index in [9.17, 15) is 14.4 Å². The predicted molar refractivity (Wildman–Crippen MR) is 148 cm³/mol. The number of hydrazine groups is 1. The Morgan fingerprint density at radius 3 is 2.45 bits per heavy atom. The van der Waals surface area contributed by atoms with E-state index >= 15 is 0 Å². The van der Waals surface area contributed by atoms with Gasteiger partial charge >= 0.3 is 0 Å². The van der Waals surface area contributed by atoms with Gasteiger partial charge in [0.25, 0.3) is 0 Å². The molecule has 38 heavy (non-hydrogen) atoms. The van der Waals surface area contributed by atoms with E-state index < -0.39 is 17.9 Å². The third-order valence-corrected chi connectivity index (χ3v) is 6.97. The number of hydrogen-bond donors (Lipinski definition) is 3. The maximum absolute atomic E-state index is 13.6. The molecule has 2 aromatic rings. The summed E-state index contributed by atoms with van der Waals surface area (Å²) < 4.78 is 5.96. The summed E-state index contributed by atoms with van der Waals surface area (Å²) in [5.74, 6) is 5.35. The van der Waals surface area contributed by atoms with Gasteiger partial charge in [-0.25, -0.2) is 5.84 Å². The number of likely N-dealkylation sites (tertiary alicyclic amines) is 1. The van der Waals surface area contributed by atoms with Gasteiger partial charge in [0, 0.05) is 19.0 Å². The van der Waals surface area contributed by atoms with Crippen LogP contribution in [0.1, 0.15) is 64.9 Å². The minimum absolute atomic E-state index is 0.0937. The number of rotatable bonds is 12. The Morgan fingerprint density at radius 1 is 1.03 bits per heavy atom. The largest absolute Gasteiger partial charge is 0.457 e. The maximum Gasteiger partial charge on any atom is 0.245 e. The molecule has 8 nitrogen and oxygen atoms in total. The molecule has 0 bridgehead atoms. The molecule has 2 aromatic carbocycles. The number of nitrogens with one attached hydrogen (secondary N) is 2. The Hall–Kier alpha value is -3.39. The molecule has 1 unspecified atom stereocenters. The normalized spacial score (nSPS) is 17.4. The fourth-order valence-corrected chi connectivity index (χ4v) is 5.12. The molecule has 1 saturated heterocycles. The highest BCUT2D eigenvalue weighted by Crippen LogP contribution is 2.27. The van der Waals surface area contributed by atoms with Crippen molar-refractivity contribution in [3.63, 3.8) is 0 Å². The number of ether oxygens (including phenoxy) is 1. The number of para-hydroxylation sites is 1. The quantitative estimate of drug-likeness (QED) is 0.215. The molecule has 1 fully saturated rings. The molecule has 206 valence electrons. The number of benzene rings is 2. The average Bonchev–Trinajstić information content (AvgIpc) is 3.07. The van der Waals surface area contributed by atoms with Crippen molar-refractivity contribution < 1.29 is 19.1 Å². The van der Waals surface area contributed by atoms with Crippen LogP contribution in [0.15, 0.2) is 54.6 Å². The van der Waals surface area contributed by atoms with Crippen LogP contribution in [0, 0.1) is 17.8 Å². The zero-order valence-electron chi connectivity index (χ0n) is 22.8. The van der Waals surface area contributed by atoms with E-state index in [4.69, 9.17) is 10.6 Å². The Morgan fingerprint density at radius 2 is 1.76 bits per heavy atom. The van der Waals surface area contributed by atoms with Crippen LogP contribution in [0.25, 0.3) is 0 Å². The van der Waals surface area contributed by atoms with Crippen LogP contribution in [0.4, 0.5) is 0 Å². The first-order valence-corrected chi connectivity index (χ1v) is 13.7. The molecule has 0 aromatic heterocycles. The van der Waals surface area contributed by atoms with Gasteiger partial charge in [0.1, 0.15) is 17.5 Å². The summed E-state index contributed by atoms with van der Waals surface area (Å²) in [5, 5.41) is 3.02. The van der Waals surface area contributed by atoms with E-state index in [1.807, 2.05) is 80.3 Å². The van der Waals surface area contributed by atoms with Gasteiger partial charge in [0.15, 0.2) is 0 Å². The Kier molecular flexibility index (Phi) is 11.1. The van der Waals surface area contributed by atoms with E-state index in [1.165, 1.54) is 0 Å². The molecule has 3 atom stereocenters. The molecule has 0 saturated carbocycles. The van der Waals surface area contributed by atoms with Crippen LogP contribution in [0.5, 0.6) is 11.5 Å². The summed E-state index contributed by atoms with van der Waals surface area (Å²) in [5.41, 5.74) is 3.19. The van der Waals surface area contributed by atoms with Crippen molar-refractivity contribution in [2.24, 2.45) is 23.6 Å². The van der Waals surface area contributed by atoms with Gasteiger partial charge in [0.2, 0.25) is 17.7 Å². The van der Waals surface area contributed by atoms with E-state index in [1.54, 1.807) is 0 Å². The number of hydrogen-bond acceptors (Lipinski definition) is 5. The van der Waals surface area contributed by atoms with Gasteiger partial charge < -0.3 is 15.0 Å². The van der Waals surface area contributed by atoms with Gasteiger partial charge in [-0.1, -0.05) is 57.5 Å². The third-order valence-electron chi connectivity index (χ3n) is 6.97. The number of carbonyl (C=O) groups is 3. The summed E-state index contributed by atoms with van der Waals surface area (Å²) in [6.07, 6.45) is 4.13. The van der Waals surface area contributed by atoms with Crippen molar-refractivity contribution in [3.05, 3.63) is 60.2 Å². The summed E-state index contributed by atoms with van der Waals surface area (Å²) in [6, 6.07) is 16.7. The van der Waals surface area contributed by atoms with Gasteiger partial charge in [0.05, 0.1) is 5.92 Å². The van der Waals surface area contributed by atoms with Crippen LogP contribution < -0.4 is 21.3 Å². The van der Waals surface area contributed by atoms with Gasteiger partial charge in [-0.2, -0.15) is 0 Å². The number of nitrogens with two attached hydrogens (primary N) is 1. The third kappa shape index (κ3) is 8.31. The molecular weight excluding hydrogens is 480 g/mol. The highest BCUT2D eigenvalue weighted by Gasteiger charge is 2.36. The molecule has 0 aliphatic carbocycles. The van der Waals surface area contributed by atoms with Crippen LogP contribution >= 0.6 is 0 Å². The van der Waals surface area contributed by atoms with E-state index in [2.05, 4.69) is 10.7 Å². The average molecular weight is 523 g/mol. The van der Waals surface area contributed by atoms with Crippen molar-refractivity contribution in [2.75, 3.05) is 6.54 Å². The standard InChI is InChI=1S/C30H42N4O4/c1-4-11-25(29(36)33-31)26(18-21(2)3)28(35)32-27-16-8-9-17-34(30(27)37)20-22-12-10-15-24(19-22)38-23-13-6-5-7-14-23/h5-7,10,12-15,19,21,25-27H,4,8-9,11,16-18,20,31H2,1-3H3,(H,32,35)(H,33,36)/t25?,26-,27+/m1/s1. The van der Waals surface area contributed by atoms with Crippen molar-refractivity contribution in [1.29, 1.82) is 0 Å². The second-order valence-corrected chi connectivity index (χ2v) is 10.5. The maximum atomic E-state index is 13.6. The molecule has 3 rings (SSSR count).